The van der Waals surface area contributed by atoms with Crippen LogP contribution >= 0.6 is 11.6 Å². The Labute approximate surface area is 171 Å². The smallest absolute Gasteiger partial charge is 0.220 e. The summed E-state index contributed by atoms with van der Waals surface area (Å²) in [6, 6.07) is 7.79. The number of rotatable bonds is 4. The quantitative estimate of drug-likeness (QED) is 0.844. The topological polar surface area (TPSA) is 58.1 Å². The van der Waals surface area contributed by atoms with Crippen molar-refractivity contribution in [2.75, 3.05) is 25.0 Å². The molecular weight excluding hydrogens is 372 g/mol. The van der Waals surface area contributed by atoms with Crippen LogP contribution in [0.1, 0.15) is 43.4 Å². The Morgan fingerprint density at radius 1 is 1.21 bits per heavy atom. The van der Waals surface area contributed by atoms with Crippen molar-refractivity contribution in [2.24, 2.45) is 5.92 Å². The van der Waals surface area contributed by atoms with Crippen LogP contribution in [0.2, 0.25) is 5.02 Å². The zero-order valence-electron chi connectivity index (χ0n) is 16.4. The Hall–Kier alpha value is -2.14. The summed E-state index contributed by atoms with van der Waals surface area (Å²) in [4.78, 5) is 24.0. The lowest BCUT2D eigenvalue weighted by atomic mass is 9.91. The average Bonchev–Trinajstić information content (AvgIpc) is 2.73. The van der Waals surface area contributed by atoms with Crippen LogP contribution in [-0.2, 0) is 17.6 Å². The summed E-state index contributed by atoms with van der Waals surface area (Å²) in [5.41, 5.74) is 3.48. The van der Waals surface area contributed by atoms with Gasteiger partial charge in [0.25, 0.3) is 0 Å². The van der Waals surface area contributed by atoms with Crippen molar-refractivity contribution in [3.8, 4) is 11.4 Å². The van der Waals surface area contributed by atoms with Gasteiger partial charge in [-0.2, -0.15) is 0 Å². The number of benzene rings is 1. The van der Waals surface area contributed by atoms with Gasteiger partial charge in [0.15, 0.2) is 5.82 Å². The molecule has 2 aliphatic rings. The van der Waals surface area contributed by atoms with Gasteiger partial charge in [-0.25, -0.2) is 9.97 Å². The summed E-state index contributed by atoms with van der Waals surface area (Å²) >= 11 is 6.20. The molecule has 1 saturated heterocycles. The molecule has 0 atom stereocenters. The second-order valence-electron chi connectivity index (χ2n) is 7.82. The van der Waals surface area contributed by atoms with Crippen molar-refractivity contribution in [2.45, 2.75) is 44.9 Å². The summed E-state index contributed by atoms with van der Waals surface area (Å²) in [5, 5.41) is 3.45. The van der Waals surface area contributed by atoms with E-state index in [0.29, 0.717) is 17.4 Å². The normalized spacial score (nSPS) is 17.3. The summed E-state index contributed by atoms with van der Waals surface area (Å²) in [5.74, 6) is 2.46. The molecule has 5 nitrogen and oxygen atoms in total. The van der Waals surface area contributed by atoms with Gasteiger partial charge in [0.2, 0.25) is 5.91 Å². The molecule has 28 heavy (non-hydrogen) atoms. The van der Waals surface area contributed by atoms with E-state index < -0.39 is 0 Å². The number of amides is 1. The minimum atomic E-state index is 0.140. The van der Waals surface area contributed by atoms with Crippen molar-refractivity contribution < 1.29 is 4.79 Å². The summed E-state index contributed by atoms with van der Waals surface area (Å²) in [6.07, 6.45) is 7.14. The molecule has 1 amide bonds. The minimum absolute atomic E-state index is 0.140. The lowest BCUT2D eigenvalue weighted by Crippen LogP contribution is -2.37. The van der Waals surface area contributed by atoms with Crippen molar-refractivity contribution in [1.82, 2.24) is 15.3 Å². The van der Waals surface area contributed by atoms with Gasteiger partial charge in [-0.15, -0.1) is 0 Å². The fraction of sp³-hybridized carbons (Fsp3) is 0.500. The molecule has 0 spiro atoms. The van der Waals surface area contributed by atoms with Crippen LogP contribution in [0.3, 0.4) is 0 Å². The largest absolute Gasteiger partial charge is 0.359 e. The molecule has 1 aromatic heterocycles. The molecule has 0 radical (unpaired) electrons. The lowest BCUT2D eigenvalue weighted by Gasteiger charge is -2.35. The predicted molar refractivity (Wildman–Crippen MR) is 113 cm³/mol. The molecular formula is C22H27ClN4O. The average molecular weight is 399 g/mol. The highest BCUT2D eigenvalue weighted by Gasteiger charge is 2.26. The van der Waals surface area contributed by atoms with Gasteiger partial charge in [-0.05, 0) is 56.6 Å². The van der Waals surface area contributed by atoms with Crippen LogP contribution in [0.15, 0.2) is 24.3 Å². The Morgan fingerprint density at radius 3 is 2.75 bits per heavy atom. The summed E-state index contributed by atoms with van der Waals surface area (Å²) in [7, 11) is 1.71. The van der Waals surface area contributed by atoms with Crippen LogP contribution in [0.4, 0.5) is 5.82 Å². The minimum Gasteiger partial charge on any atom is -0.359 e. The van der Waals surface area contributed by atoms with Crippen LogP contribution in [0.25, 0.3) is 11.4 Å². The van der Waals surface area contributed by atoms with Gasteiger partial charge < -0.3 is 10.2 Å². The molecule has 1 fully saturated rings. The third-order valence-electron chi connectivity index (χ3n) is 5.91. The number of nitrogens with zero attached hydrogens (tertiary/aromatic N) is 3. The second-order valence-corrected chi connectivity index (χ2v) is 8.26. The molecule has 1 aliphatic carbocycles. The van der Waals surface area contributed by atoms with Gasteiger partial charge in [-0.1, -0.05) is 23.7 Å². The predicted octanol–water partition coefficient (Wildman–Crippen LogP) is 4.03. The standard InChI is InChI=1S/C22H27ClN4O/c1-24-20(28)13-15-9-11-27(12-10-15)22-18-7-2-3-8-19(18)25-21(26-22)16-5-4-6-17(23)14-16/h4-6,14-15H,2-3,7-13H2,1H3,(H,24,28). The summed E-state index contributed by atoms with van der Waals surface area (Å²) in [6.45, 7) is 1.89. The number of hydrogen-bond donors (Lipinski definition) is 1. The van der Waals surface area contributed by atoms with Crippen LogP contribution < -0.4 is 10.2 Å². The molecule has 4 rings (SSSR count). The van der Waals surface area contributed by atoms with Crippen LogP contribution in [0, 0.1) is 5.92 Å². The molecule has 2 aromatic rings. The molecule has 2 heterocycles. The first-order chi connectivity index (χ1) is 13.6. The molecule has 1 aliphatic heterocycles. The number of anilines is 1. The van der Waals surface area contributed by atoms with E-state index in [-0.39, 0.29) is 5.91 Å². The van der Waals surface area contributed by atoms with Crippen LogP contribution in [-0.4, -0.2) is 36.0 Å². The highest BCUT2D eigenvalue weighted by Crippen LogP contribution is 2.33. The zero-order chi connectivity index (χ0) is 19.5. The Kier molecular flexibility index (Phi) is 5.81. The van der Waals surface area contributed by atoms with E-state index in [2.05, 4.69) is 10.2 Å². The first kappa shape index (κ1) is 19.2. The third-order valence-corrected chi connectivity index (χ3v) is 6.15. The number of piperidine rings is 1. The summed E-state index contributed by atoms with van der Waals surface area (Å²) < 4.78 is 0. The van der Waals surface area contributed by atoms with Gasteiger partial charge >= 0.3 is 0 Å². The monoisotopic (exact) mass is 398 g/mol. The SMILES string of the molecule is CNC(=O)CC1CCN(c2nc(-c3cccc(Cl)c3)nc3c2CCCC3)CC1. The molecule has 0 bridgehead atoms. The van der Waals surface area contributed by atoms with Gasteiger partial charge in [-0.3, -0.25) is 4.79 Å². The van der Waals surface area contributed by atoms with E-state index in [4.69, 9.17) is 21.6 Å². The highest BCUT2D eigenvalue weighted by atomic mass is 35.5. The molecule has 1 N–H and O–H groups in total. The van der Waals surface area contributed by atoms with E-state index in [1.54, 1.807) is 7.05 Å². The van der Waals surface area contributed by atoms with Gasteiger partial charge in [0.1, 0.15) is 5.82 Å². The molecule has 1 aromatic carbocycles. The molecule has 0 unspecified atom stereocenters. The van der Waals surface area contributed by atoms with E-state index in [1.165, 1.54) is 24.1 Å². The maximum absolute atomic E-state index is 11.7. The van der Waals surface area contributed by atoms with Gasteiger partial charge in [0, 0.05) is 48.4 Å². The number of hydrogen-bond acceptors (Lipinski definition) is 4. The van der Waals surface area contributed by atoms with E-state index in [0.717, 1.165) is 56.0 Å². The van der Waals surface area contributed by atoms with Crippen molar-refractivity contribution in [3.63, 3.8) is 0 Å². The first-order valence-electron chi connectivity index (χ1n) is 10.3. The van der Waals surface area contributed by atoms with Gasteiger partial charge in [0.05, 0.1) is 0 Å². The fourth-order valence-corrected chi connectivity index (χ4v) is 4.50. The first-order valence-corrected chi connectivity index (χ1v) is 10.6. The number of aromatic nitrogens is 2. The molecule has 0 saturated carbocycles. The molecule has 148 valence electrons. The van der Waals surface area contributed by atoms with Crippen molar-refractivity contribution in [3.05, 3.63) is 40.5 Å². The number of carbonyl (C=O) groups excluding carboxylic acids is 1. The van der Waals surface area contributed by atoms with Crippen molar-refractivity contribution in [1.29, 1.82) is 0 Å². The number of halogens is 1. The Morgan fingerprint density at radius 2 is 2.00 bits per heavy atom. The number of fused-ring (bicyclic) bond motifs is 1. The van der Waals surface area contributed by atoms with Crippen LogP contribution in [0.5, 0.6) is 0 Å². The zero-order valence-corrected chi connectivity index (χ0v) is 17.1. The Balaban J connectivity index is 1.61. The second kappa shape index (κ2) is 8.48. The highest BCUT2D eigenvalue weighted by molar-refractivity contribution is 6.30. The number of aryl methyl sites for hydroxylation is 1. The fourth-order valence-electron chi connectivity index (χ4n) is 4.31. The number of nitrogens with one attached hydrogen (secondary N) is 1. The number of carbonyl (C=O) groups is 1. The van der Waals surface area contributed by atoms with Crippen molar-refractivity contribution >= 4 is 23.3 Å². The maximum Gasteiger partial charge on any atom is 0.220 e. The van der Waals surface area contributed by atoms with E-state index in [1.807, 2.05) is 24.3 Å². The third kappa shape index (κ3) is 4.14. The van der Waals surface area contributed by atoms with E-state index >= 15 is 0 Å². The lowest BCUT2D eigenvalue weighted by molar-refractivity contribution is -0.121. The maximum atomic E-state index is 11.7. The van der Waals surface area contributed by atoms with E-state index in [9.17, 15) is 4.79 Å². The Bertz CT molecular complexity index is 862. The molecule has 6 heteroatoms.